The van der Waals surface area contributed by atoms with Crippen molar-refractivity contribution in [2.45, 2.75) is 24.2 Å². The number of nitrogens with zero attached hydrogens (tertiary/aromatic N) is 5. The van der Waals surface area contributed by atoms with Crippen LogP contribution in [0.3, 0.4) is 0 Å². The second-order valence-corrected chi connectivity index (χ2v) is 7.74. The molecule has 4 heterocycles. The number of hydrogen-bond acceptors (Lipinski definition) is 4. The molecule has 2 fully saturated rings. The third-order valence-electron chi connectivity index (χ3n) is 5.66. The lowest BCUT2D eigenvalue weighted by atomic mass is 9.93. The van der Waals surface area contributed by atoms with E-state index in [4.69, 9.17) is 0 Å². The van der Waals surface area contributed by atoms with Gasteiger partial charge in [0.2, 0.25) is 5.91 Å². The van der Waals surface area contributed by atoms with E-state index in [0.29, 0.717) is 30.8 Å². The molecule has 1 atom stereocenters. The molecular weight excluding hydrogens is 402 g/mol. The highest BCUT2D eigenvalue weighted by Gasteiger charge is 2.63. The lowest BCUT2D eigenvalue weighted by molar-refractivity contribution is -0.172. The van der Waals surface area contributed by atoms with Crippen molar-refractivity contribution in [3.8, 4) is 11.3 Å². The normalized spacial score (nSPS) is 22.5. The van der Waals surface area contributed by atoms with Gasteiger partial charge in [0.15, 0.2) is 0 Å². The number of pyridine rings is 1. The Morgan fingerprint density at radius 1 is 1.27 bits per heavy atom. The maximum Gasteiger partial charge on any atom is 0.329 e. The molecule has 0 radical (unpaired) electrons. The Morgan fingerprint density at radius 2 is 1.97 bits per heavy atom. The van der Waals surface area contributed by atoms with E-state index in [9.17, 15) is 22.4 Å². The molecule has 160 valence electrons. The van der Waals surface area contributed by atoms with Gasteiger partial charge in [-0.05, 0) is 30.2 Å². The zero-order valence-corrected chi connectivity index (χ0v) is 16.4. The SMILES string of the molecule is C=CC(=O)N1CC[C@@H](c2cnc(N3CC(F)(F)C(F)(F)C3)cc2-c2ccn(C)n2)C1. The van der Waals surface area contributed by atoms with E-state index in [-0.39, 0.29) is 17.6 Å². The molecule has 1 amide bonds. The summed E-state index contributed by atoms with van der Waals surface area (Å²) >= 11 is 0. The molecule has 0 saturated carbocycles. The summed E-state index contributed by atoms with van der Waals surface area (Å²) in [7, 11) is 1.74. The van der Waals surface area contributed by atoms with E-state index in [1.807, 2.05) is 0 Å². The number of likely N-dealkylation sites (tertiary alicyclic amines) is 1. The Morgan fingerprint density at radius 3 is 2.57 bits per heavy atom. The largest absolute Gasteiger partial charge is 0.344 e. The van der Waals surface area contributed by atoms with Crippen LogP contribution >= 0.6 is 0 Å². The topological polar surface area (TPSA) is 54.3 Å². The highest BCUT2D eigenvalue weighted by atomic mass is 19.3. The molecule has 2 aliphatic rings. The van der Waals surface area contributed by atoms with Crippen molar-refractivity contribution in [1.82, 2.24) is 19.7 Å². The Kier molecular flexibility index (Phi) is 4.82. The van der Waals surface area contributed by atoms with E-state index >= 15 is 0 Å². The smallest absolute Gasteiger partial charge is 0.329 e. The van der Waals surface area contributed by atoms with Gasteiger partial charge in [-0.3, -0.25) is 9.48 Å². The number of amides is 1. The first-order valence-corrected chi connectivity index (χ1v) is 9.53. The minimum Gasteiger partial charge on any atom is -0.344 e. The van der Waals surface area contributed by atoms with Crippen LogP contribution in [0.4, 0.5) is 23.4 Å². The van der Waals surface area contributed by atoms with E-state index in [2.05, 4.69) is 16.7 Å². The van der Waals surface area contributed by atoms with Crippen molar-refractivity contribution in [2.24, 2.45) is 7.05 Å². The highest BCUT2D eigenvalue weighted by molar-refractivity contribution is 5.87. The third-order valence-corrected chi connectivity index (χ3v) is 5.66. The Balaban J connectivity index is 1.70. The lowest BCUT2D eigenvalue weighted by Crippen LogP contribution is -2.38. The van der Waals surface area contributed by atoms with Crippen LogP contribution < -0.4 is 4.90 Å². The van der Waals surface area contributed by atoms with Gasteiger partial charge in [0.1, 0.15) is 5.82 Å². The number of carbonyl (C=O) groups is 1. The number of anilines is 1. The molecule has 2 aromatic rings. The number of rotatable bonds is 4. The van der Waals surface area contributed by atoms with E-state index in [1.165, 1.54) is 18.3 Å². The van der Waals surface area contributed by atoms with Gasteiger partial charge in [-0.2, -0.15) is 22.7 Å². The molecule has 6 nitrogen and oxygen atoms in total. The van der Waals surface area contributed by atoms with Crippen molar-refractivity contribution in [3.05, 3.63) is 42.7 Å². The molecule has 30 heavy (non-hydrogen) atoms. The van der Waals surface area contributed by atoms with Gasteiger partial charge < -0.3 is 9.80 Å². The monoisotopic (exact) mass is 423 g/mol. The number of hydrogen-bond donors (Lipinski definition) is 0. The minimum atomic E-state index is -4.12. The summed E-state index contributed by atoms with van der Waals surface area (Å²) in [6.45, 7) is 2.33. The van der Waals surface area contributed by atoms with Crippen molar-refractivity contribution < 1.29 is 22.4 Å². The summed E-state index contributed by atoms with van der Waals surface area (Å²) in [6, 6.07) is 3.30. The first-order valence-electron chi connectivity index (χ1n) is 9.53. The standard InChI is InChI=1S/C20H21F4N5O/c1-3-18(30)28-7-4-13(10-28)15-9-25-17(8-14(15)16-5-6-27(2)26-16)29-11-19(21,22)20(23,24)12-29/h3,5-6,8-9,13H,1,4,7,10-12H2,2H3/t13-/m1/s1. The van der Waals surface area contributed by atoms with Gasteiger partial charge in [-0.1, -0.05) is 6.58 Å². The van der Waals surface area contributed by atoms with E-state index in [0.717, 1.165) is 10.5 Å². The summed E-state index contributed by atoms with van der Waals surface area (Å²) in [6.07, 6.45) is 5.22. The van der Waals surface area contributed by atoms with Crippen LogP contribution in [0, 0.1) is 0 Å². The number of halogens is 4. The van der Waals surface area contributed by atoms with E-state index in [1.54, 1.807) is 28.9 Å². The summed E-state index contributed by atoms with van der Waals surface area (Å²) in [5, 5.41) is 4.39. The fourth-order valence-electron chi connectivity index (χ4n) is 4.01. The molecule has 2 aliphatic heterocycles. The van der Waals surface area contributed by atoms with Gasteiger partial charge in [-0.25, -0.2) is 4.98 Å². The molecule has 2 saturated heterocycles. The molecule has 2 aromatic heterocycles. The molecule has 0 N–H and O–H groups in total. The van der Waals surface area contributed by atoms with Crippen LogP contribution in [0.2, 0.25) is 0 Å². The molecule has 10 heteroatoms. The lowest BCUT2D eigenvalue weighted by Gasteiger charge is -2.20. The molecule has 0 aromatic carbocycles. The van der Waals surface area contributed by atoms with Crippen LogP contribution in [0.15, 0.2) is 37.2 Å². The van der Waals surface area contributed by atoms with Gasteiger partial charge in [0.25, 0.3) is 0 Å². The van der Waals surface area contributed by atoms with Gasteiger partial charge in [0, 0.05) is 44.0 Å². The van der Waals surface area contributed by atoms with Crippen LogP contribution in [0.25, 0.3) is 11.3 Å². The van der Waals surface area contributed by atoms with Gasteiger partial charge in [0.05, 0.1) is 18.8 Å². The zero-order valence-electron chi connectivity index (χ0n) is 16.4. The number of alkyl halides is 4. The predicted molar refractivity (Wildman–Crippen MR) is 103 cm³/mol. The second kappa shape index (κ2) is 7.10. The van der Waals surface area contributed by atoms with Crippen LogP contribution in [0.1, 0.15) is 17.9 Å². The summed E-state index contributed by atoms with van der Waals surface area (Å²) in [5.41, 5.74) is 2.02. The average Bonchev–Trinajstić information content (AvgIpc) is 3.39. The number of carbonyl (C=O) groups excluding carboxylic acids is 1. The van der Waals surface area contributed by atoms with Crippen LogP contribution in [0.5, 0.6) is 0 Å². The third kappa shape index (κ3) is 3.44. The van der Waals surface area contributed by atoms with Crippen molar-refractivity contribution >= 4 is 11.7 Å². The van der Waals surface area contributed by atoms with Crippen LogP contribution in [-0.2, 0) is 11.8 Å². The molecular formula is C20H21F4N5O. The molecule has 0 unspecified atom stereocenters. The van der Waals surface area contributed by atoms with Crippen molar-refractivity contribution in [2.75, 3.05) is 31.1 Å². The maximum atomic E-state index is 13.7. The summed E-state index contributed by atoms with van der Waals surface area (Å²) in [4.78, 5) is 18.7. The second-order valence-electron chi connectivity index (χ2n) is 7.74. The zero-order chi connectivity index (χ0) is 21.7. The predicted octanol–water partition coefficient (Wildman–Crippen LogP) is 3.07. The van der Waals surface area contributed by atoms with Crippen LogP contribution in [-0.4, -0.2) is 63.6 Å². The number of aryl methyl sites for hydroxylation is 1. The first kappa shape index (κ1) is 20.4. The molecule has 0 bridgehead atoms. The Hall–Kier alpha value is -2.91. The maximum absolute atomic E-state index is 13.7. The number of aromatic nitrogens is 3. The van der Waals surface area contributed by atoms with Gasteiger partial charge >= 0.3 is 11.8 Å². The van der Waals surface area contributed by atoms with Gasteiger partial charge in [-0.15, -0.1) is 0 Å². The van der Waals surface area contributed by atoms with Crippen molar-refractivity contribution in [1.29, 1.82) is 0 Å². The Bertz CT molecular complexity index is 973. The minimum absolute atomic E-state index is 0.0334. The average molecular weight is 423 g/mol. The van der Waals surface area contributed by atoms with E-state index < -0.39 is 24.9 Å². The fourth-order valence-corrected chi connectivity index (χ4v) is 4.01. The molecule has 0 aliphatic carbocycles. The van der Waals surface area contributed by atoms with Crippen molar-refractivity contribution in [3.63, 3.8) is 0 Å². The molecule has 4 rings (SSSR count). The summed E-state index contributed by atoms with van der Waals surface area (Å²) < 4.78 is 56.3. The molecule has 0 spiro atoms. The highest BCUT2D eigenvalue weighted by Crippen LogP contribution is 2.43. The quantitative estimate of drug-likeness (QED) is 0.560. The fraction of sp³-hybridized carbons (Fsp3) is 0.450. The Labute approximate surface area is 170 Å². The summed E-state index contributed by atoms with van der Waals surface area (Å²) in [5.74, 6) is -8.38. The first-order chi connectivity index (χ1) is 14.1.